The van der Waals surface area contributed by atoms with Crippen LogP contribution in [0.15, 0.2) is 70.1 Å². The third-order valence-corrected chi connectivity index (χ3v) is 10.2. The molecule has 0 spiro atoms. The number of methoxy groups -OCH3 is 1. The first-order valence-corrected chi connectivity index (χ1v) is 16.4. The molecule has 0 aliphatic heterocycles. The molecule has 5 nitrogen and oxygen atoms in total. The van der Waals surface area contributed by atoms with Crippen molar-refractivity contribution in [3.63, 3.8) is 0 Å². The van der Waals surface area contributed by atoms with Gasteiger partial charge in [0.05, 0.1) is 12.7 Å². The summed E-state index contributed by atoms with van der Waals surface area (Å²) in [5.74, 6) is 1.52. The lowest BCUT2D eigenvalue weighted by molar-refractivity contribution is 0.102. The number of amides is 1. The summed E-state index contributed by atoms with van der Waals surface area (Å²) in [6, 6.07) is 18.5. The van der Waals surface area contributed by atoms with E-state index in [1.54, 1.807) is 36.8 Å². The molecule has 0 radical (unpaired) electrons. The van der Waals surface area contributed by atoms with E-state index in [4.69, 9.17) is 37.7 Å². The zero-order valence-corrected chi connectivity index (χ0v) is 28.4. The van der Waals surface area contributed by atoms with E-state index in [0.717, 1.165) is 46.1 Å². The highest BCUT2D eigenvalue weighted by Gasteiger charge is 2.33. The van der Waals surface area contributed by atoms with Crippen molar-refractivity contribution in [1.82, 2.24) is 0 Å². The van der Waals surface area contributed by atoms with Crippen LogP contribution in [0.5, 0.6) is 11.5 Å². The van der Waals surface area contributed by atoms with Gasteiger partial charge in [-0.2, -0.15) is 0 Å². The van der Waals surface area contributed by atoms with E-state index in [1.165, 1.54) is 4.88 Å². The summed E-state index contributed by atoms with van der Waals surface area (Å²) in [6.07, 6.45) is 4.63. The Balaban J connectivity index is 1.44. The lowest BCUT2D eigenvalue weighted by Gasteiger charge is -2.33. The quantitative estimate of drug-likeness (QED) is 0.186. The molecule has 0 unspecified atom stereocenters. The van der Waals surface area contributed by atoms with Crippen LogP contribution >= 0.6 is 50.5 Å². The maximum absolute atomic E-state index is 13.7. The fourth-order valence-corrected chi connectivity index (χ4v) is 7.35. The topological polar surface area (TPSA) is 59.9 Å². The number of anilines is 1. The van der Waals surface area contributed by atoms with Crippen LogP contribution in [0.2, 0.25) is 10.0 Å². The van der Waals surface area contributed by atoms with Crippen LogP contribution in [0.3, 0.4) is 0 Å². The molecule has 0 saturated heterocycles. The SMILES string of the molecule is COc1cc(C=Nc2sc3c(c2C(=O)Nc2ccccc2)CC[C@@H](C(C)(C)C)C3)c(Br)cc1OCc1ccc(Cl)cc1Cl. The molecule has 0 bridgehead atoms. The van der Waals surface area contributed by atoms with Crippen molar-refractivity contribution in [3.05, 3.63) is 102 Å². The number of aliphatic imine (C=N–C) groups is 1. The van der Waals surface area contributed by atoms with E-state index in [-0.39, 0.29) is 17.9 Å². The van der Waals surface area contributed by atoms with Gasteiger partial charge in [-0.3, -0.25) is 4.79 Å². The standard InChI is InChI=1S/C34H33BrCl2N2O3S/c1-34(2,3)22-11-13-25-30(15-22)43-33(31(25)32(40)39-24-8-6-5-7-9-24)38-18-21-14-28(41-4)29(17-26(21)35)42-19-20-10-12-23(36)16-27(20)37/h5-10,12,14,16-18,22H,11,13,15,19H2,1-4H3,(H,39,40)/t22-/m1/s1. The molecule has 1 aliphatic rings. The summed E-state index contributed by atoms with van der Waals surface area (Å²) >= 11 is 17.6. The summed E-state index contributed by atoms with van der Waals surface area (Å²) in [6.45, 7) is 7.13. The van der Waals surface area contributed by atoms with Crippen molar-refractivity contribution < 1.29 is 14.3 Å². The number of carbonyl (C=O) groups excluding carboxylic acids is 1. The lowest BCUT2D eigenvalue weighted by Crippen LogP contribution is -2.27. The van der Waals surface area contributed by atoms with Crippen LogP contribution < -0.4 is 14.8 Å². The van der Waals surface area contributed by atoms with Gasteiger partial charge in [-0.05, 0) is 88.5 Å². The van der Waals surface area contributed by atoms with Crippen LogP contribution in [-0.2, 0) is 19.4 Å². The summed E-state index contributed by atoms with van der Waals surface area (Å²) in [4.78, 5) is 19.8. The minimum atomic E-state index is -0.133. The first kappa shape index (κ1) is 31.6. The zero-order chi connectivity index (χ0) is 30.7. The first-order chi connectivity index (χ1) is 20.5. The molecule has 1 atom stereocenters. The van der Waals surface area contributed by atoms with Crippen LogP contribution in [0.1, 0.15) is 59.1 Å². The molecule has 9 heteroatoms. The first-order valence-electron chi connectivity index (χ1n) is 14.0. The second-order valence-corrected chi connectivity index (χ2v) is 14.4. The van der Waals surface area contributed by atoms with E-state index in [2.05, 4.69) is 42.0 Å². The molecule has 1 aliphatic carbocycles. The van der Waals surface area contributed by atoms with Gasteiger partial charge in [-0.25, -0.2) is 4.99 Å². The lowest BCUT2D eigenvalue weighted by atomic mass is 9.72. The number of thiophene rings is 1. The number of rotatable bonds is 8. The van der Waals surface area contributed by atoms with Gasteiger partial charge >= 0.3 is 0 Å². The average molecular weight is 701 g/mol. The normalized spacial score (nSPS) is 14.9. The Bertz CT molecular complexity index is 1660. The van der Waals surface area contributed by atoms with Crippen molar-refractivity contribution in [2.75, 3.05) is 12.4 Å². The molecule has 0 fully saturated rings. The molecule has 1 amide bonds. The second kappa shape index (κ2) is 13.4. The second-order valence-electron chi connectivity index (χ2n) is 11.6. The van der Waals surface area contributed by atoms with E-state index in [1.807, 2.05) is 48.5 Å². The molecule has 43 heavy (non-hydrogen) atoms. The van der Waals surface area contributed by atoms with Crippen LogP contribution in [0, 0.1) is 11.3 Å². The van der Waals surface area contributed by atoms with Crippen LogP contribution in [0.25, 0.3) is 0 Å². The molecular weight excluding hydrogens is 667 g/mol. The Hall–Kier alpha value is -2.84. The summed E-state index contributed by atoms with van der Waals surface area (Å²) in [5, 5.41) is 4.89. The largest absolute Gasteiger partial charge is 0.493 e. The molecule has 1 N–H and O–H groups in total. The third-order valence-electron chi connectivity index (χ3n) is 7.73. The molecule has 1 aromatic heterocycles. The summed E-state index contributed by atoms with van der Waals surface area (Å²) < 4.78 is 12.5. The average Bonchev–Trinajstić information content (AvgIpc) is 3.34. The number of fused-ring (bicyclic) bond motifs is 1. The highest BCUT2D eigenvalue weighted by Crippen LogP contribution is 2.45. The minimum absolute atomic E-state index is 0.133. The van der Waals surface area contributed by atoms with Crippen molar-refractivity contribution >= 4 is 73.3 Å². The number of nitrogens with zero attached hydrogens (tertiary/aromatic N) is 1. The van der Waals surface area contributed by atoms with E-state index in [9.17, 15) is 4.79 Å². The maximum atomic E-state index is 13.7. The van der Waals surface area contributed by atoms with Gasteiger partial charge in [0, 0.05) is 42.4 Å². The number of nitrogens with one attached hydrogen (secondary N) is 1. The Kier molecular flexibility index (Phi) is 9.86. The van der Waals surface area contributed by atoms with Crippen LogP contribution in [0.4, 0.5) is 10.7 Å². The highest BCUT2D eigenvalue weighted by molar-refractivity contribution is 9.10. The predicted molar refractivity (Wildman–Crippen MR) is 182 cm³/mol. The van der Waals surface area contributed by atoms with Gasteiger partial charge in [-0.15, -0.1) is 11.3 Å². The summed E-state index contributed by atoms with van der Waals surface area (Å²) in [7, 11) is 1.59. The van der Waals surface area contributed by atoms with Gasteiger partial charge in [0.2, 0.25) is 0 Å². The van der Waals surface area contributed by atoms with Crippen molar-refractivity contribution in [2.24, 2.45) is 16.3 Å². The third kappa shape index (κ3) is 7.46. The van der Waals surface area contributed by atoms with Crippen molar-refractivity contribution in [2.45, 2.75) is 46.6 Å². The summed E-state index contributed by atoms with van der Waals surface area (Å²) in [5.41, 5.74) is 4.34. The number of carbonyl (C=O) groups is 1. The van der Waals surface area contributed by atoms with Crippen molar-refractivity contribution in [3.8, 4) is 11.5 Å². The molecule has 5 rings (SSSR count). The number of hydrogen-bond donors (Lipinski definition) is 1. The zero-order valence-electron chi connectivity index (χ0n) is 24.5. The van der Waals surface area contributed by atoms with Crippen LogP contribution in [-0.4, -0.2) is 19.2 Å². The number of ether oxygens (including phenoxy) is 2. The van der Waals surface area contributed by atoms with E-state index in [0.29, 0.717) is 38.0 Å². The number of para-hydroxylation sites is 1. The molecule has 4 aromatic rings. The Morgan fingerprint density at radius 2 is 1.88 bits per heavy atom. The Morgan fingerprint density at radius 3 is 2.58 bits per heavy atom. The van der Waals surface area contributed by atoms with E-state index < -0.39 is 0 Å². The maximum Gasteiger partial charge on any atom is 0.259 e. The highest BCUT2D eigenvalue weighted by atomic mass is 79.9. The number of benzene rings is 3. The van der Waals surface area contributed by atoms with Gasteiger partial charge in [-0.1, -0.05) is 68.2 Å². The number of hydrogen-bond acceptors (Lipinski definition) is 5. The van der Waals surface area contributed by atoms with Gasteiger partial charge < -0.3 is 14.8 Å². The predicted octanol–water partition coefficient (Wildman–Crippen LogP) is 10.6. The molecule has 224 valence electrons. The van der Waals surface area contributed by atoms with E-state index >= 15 is 0 Å². The van der Waals surface area contributed by atoms with Gasteiger partial charge in [0.1, 0.15) is 11.6 Å². The Morgan fingerprint density at radius 1 is 1.12 bits per heavy atom. The number of halogens is 3. The monoisotopic (exact) mass is 698 g/mol. The molecule has 0 saturated carbocycles. The van der Waals surface area contributed by atoms with Gasteiger partial charge in [0.25, 0.3) is 5.91 Å². The van der Waals surface area contributed by atoms with Gasteiger partial charge in [0.15, 0.2) is 11.5 Å². The Labute approximate surface area is 275 Å². The fourth-order valence-electron chi connectivity index (χ4n) is 5.20. The fraction of sp³-hybridized carbons (Fsp3) is 0.294. The minimum Gasteiger partial charge on any atom is -0.493 e. The molecular formula is C34H33BrCl2N2O3S. The molecule has 3 aromatic carbocycles. The smallest absolute Gasteiger partial charge is 0.259 e. The molecule has 1 heterocycles. The van der Waals surface area contributed by atoms with Crippen molar-refractivity contribution in [1.29, 1.82) is 0 Å².